The van der Waals surface area contributed by atoms with Crippen LogP contribution in [0.2, 0.25) is 0 Å². The molecule has 0 aliphatic heterocycles. The van der Waals surface area contributed by atoms with E-state index >= 15 is 0 Å². The molecular weight excluding hydrogens is 229 g/mol. The maximum Gasteiger partial charge on any atom is 0.207 e. The molecule has 0 amide bonds. The Kier molecular flexibility index (Phi) is 3.65. The number of imidazole rings is 1. The van der Waals surface area contributed by atoms with Crippen LogP contribution < -0.4 is 5.32 Å². The lowest BCUT2D eigenvalue weighted by Crippen LogP contribution is -2.07. The van der Waals surface area contributed by atoms with Crippen LogP contribution in [-0.4, -0.2) is 9.55 Å². The summed E-state index contributed by atoms with van der Waals surface area (Å²) in [4.78, 5) is 4.25. The molecule has 0 atom stereocenters. The Morgan fingerprint density at radius 2 is 2.17 bits per heavy atom. The number of aryl methyl sites for hydroxylation is 1. The second-order valence-corrected chi connectivity index (χ2v) is 4.89. The lowest BCUT2D eigenvalue weighted by Gasteiger charge is -2.12. The fraction of sp³-hybridized carbons (Fsp3) is 0.357. The Morgan fingerprint density at radius 3 is 2.83 bits per heavy atom. The topological polar surface area (TPSA) is 29.9 Å². The fourth-order valence-corrected chi connectivity index (χ4v) is 1.77. The quantitative estimate of drug-likeness (QED) is 0.892. The van der Waals surface area contributed by atoms with E-state index in [4.69, 9.17) is 0 Å². The van der Waals surface area contributed by atoms with Crippen LogP contribution in [-0.2, 0) is 6.54 Å². The van der Waals surface area contributed by atoms with Gasteiger partial charge in [0, 0.05) is 24.6 Å². The molecule has 3 nitrogen and oxygen atoms in total. The van der Waals surface area contributed by atoms with E-state index in [0.717, 1.165) is 12.5 Å². The van der Waals surface area contributed by atoms with Crippen molar-refractivity contribution in [3.63, 3.8) is 0 Å². The van der Waals surface area contributed by atoms with Gasteiger partial charge in [-0.2, -0.15) is 0 Å². The van der Waals surface area contributed by atoms with Gasteiger partial charge in [-0.15, -0.1) is 0 Å². The van der Waals surface area contributed by atoms with Gasteiger partial charge >= 0.3 is 0 Å². The van der Waals surface area contributed by atoms with E-state index in [0.29, 0.717) is 17.2 Å². The molecule has 0 aliphatic rings. The second-order valence-electron chi connectivity index (χ2n) is 4.89. The van der Waals surface area contributed by atoms with Crippen LogP contribution in [0.15, 0.2) is 30.6 Å². The number of benzene rings is 1. The zero-order valence-corrected chi connectivity index (χ0v) is 10.9. The predicted molar refractivity (Wildman–Crippen MR) is 71.5 cm³/mol. The first-order valence-electron chi connectivity index (χ1n) is 6.10. The monoisotopic (exact) mass is 247 g/mol. The molecule has 96 valence electrons. The van der Waals surface area contributed by atoms with Crippen molar-refractivity contribution in [2.24, 2.45) is 5.92 Å². The molecule has 4 heteroatoms. The van der Waals surface area contributed by atoms with Gasteiger partial charge in [0.05, 0.1) is 0 Å². The zero-order valence-electron chi connectivity index (χ0n) is 10.9. The maximum atomic E-state index is 13.5. The van der Waals surface area contributed by atoms with Crippen LogP contribution in [0.1, 0.15) is 19.4 Å². The van der Waals surface area contributed by atoms with Crippen molar-refractivity contribution in [1.29, 1.82) is 0 Å². The van der Waals surface area contributed by atoms with Crippen LogP contribution >= 0.6 is 0 Å². The standard InChI is InChI=1S/C14H18FN3/c1-10(2)9-18-7-6-16-14(18)17-12-5-4-11(3)13(15)8-12/h4-8,10H,9H2,1-3H3,(H,16,17). The molecule has 0 radical (unpaired) electrons. The first-order valence-corrected chi connectivity index (χ1v) is 6.10. The predicted octanol–water partition coefficient (Wildman–Crippen LogP) is 3.73. The van der Waals surface area contributed by atoms with E-state index in [1.165, 1.54) is 6.07 Å². The number of nitrogens with one attached hydrogen (secondary N) is 1. The molecule has 1 N–H and O–H groups in total. The van der Waals surface area contributed by atoms with Crippen molar-refractivity contribution in [1.82, 2.24) is 9.55 Å². The molecule has 0 spiro atoms. The summed E-state index contributed by atoms with van der Waals surface area (Å²) in [6.07, 6.45) is 3.67. The number of halogens is 1. The summed E-state index contributed by atoms with van der Waals surface area (Å²) >= 11 is 0. The third-order valence-corrected chi connectivity index (χ3v) is 2.71. The third kappa shape index (κ3) is 2.88. The highest BCUT2D eigenvalue weighted by Crippen LogP contribution is 2.18. The Hall–Kier alpha value is -1.84. The van der Waals surface area contributed by atoms with Gasteiger partial charge < -0.3 is 9.88 Å². The number of rotatable bonds is 4. The number of hydrogen-bond donors (Lipinski definition) is 1. The Labute approximate surface area is 107 Å². The molecule has 2 aromatic rings. The normalized spacial score (nSPS) is 10.9. The first kappa shape index (κ1) is 12.6. The highest BCUT2D eigenvalue weighted by atomic mass is 19.1. The van der Waals surface area contributed by atoms with Crippen LogP contribution in [0.25, 0.3) is 0 Å². The van der Waals surface area contributed by atoms with Crippen molar-refractivity contribution in [2.75, 3.05) is 5.32 Å². The van der Waals surface area contributed by atoms with E-state index in [1.807, 2.05) is 16.8 Å². The fourth-order valence-electron chi connectivity index (χ4n) is 1.77. The minimum absolute atomic E-state index is 0.207. The SMILES string of the molecule is Cc1ccc(Nc2nccn2CC(C)C)cc1F. The molecule has 0 saturated heterocycles. The molecule has 1 aromatic heterocycles. The van der Waals surface area contributed by atoms with Crippen LogP contribution in [0, 0.1) is 18.7 Å². The van der Waals surface area contributed by atoms with E-state index in [9.17, 15) is 4.39 Å². The van der Waals surface area contributed by atoms with Crippen LogP contribution in [0.4, 0.5) is 16.0 Å². The highest BCUT2D eigenvalue weighted by Gasteiger charge is 2.06. The van der Waals surface area contributed by atoms with Crippen LogP contribution in [0.3, 0.4) is 0 Å². The molecule has 18 heavy (non-hydrogen) atoms. The smallest absolute Gasteiger partial charge is 0.207 e. The molecule has 1 heterocycles. The van der Waals surface area contributed by atoms with Gasteiger partial charge in [0.15, 0.2) is 0 Å². The molecule has 0 bridgehead atoms. The van der Waals surface area contributed by atoms with Gasteiger partial charge in [-0.3, -0.25) is 0 Å². The molecule has 1 aromatic carbocycles. The van der Waals surface area contributed by atoms with Crippen molar-refractivity contribution in [3.8, 4) is 0 Å². The summed E-state index contributed by atoms with van der Waals surface area (Å²) in [6.45, 7) is 6.93. The summed E-state index contributed by atoms with van der Waals surface area (Å²) in [5.74, 6) is 1.07. The van der Waals surface area contributed by atoms with Crippen molar-refractivity contribution >= 4 is 11.6 Å². The molecule has 0 saturated carbocycles. The molecule has 0 aliphatic carbocycles. The van der Waals surface area contributed by atoms with E-state index in [2.05, 4.69) is 24.1 Å². The average molecular weight is 247 g/mol. The lowest BCUT2D eigenvalue weighted by atomic mass is 10.2. The van der Waals surface area contributed by atoms with Gasteiger partial charge in [0.25, 0.3) is 0 Å². The largest absolute Gasteiger partial charge is 0.326 e. The Morgan fingerprint density at radius 1 is 1.39 bits per heavy atom. The minimum Gasteiger partial charge on any atom is -0.326 e. The summed E-state index contributed by atoms with van der Waals surface area (Å²) in [5, 5.41) is 3.14. The van der Waals surface area contributed by atoms with Crippen molar-refractivity contribution in [2.45, 2.75) is 27.3 Å². The van der Waals surface area contributed by atoms with Crippen molar-refractivity contribution in [3.05, 3.63) is 42.0 Å². The van der Waals surface area contributed by atoms with Crippen LogP contribution in [0.5, 0.6) is 0 Å². The van der Waals surface area contributed by atoms with E-state index < -0.39 is 0 Å². The van der Waals surface area contributed by atoms with Crippen molar-refractivity contribution < 1.29 is 4.39 Å². The van der Waals surface area contributed by atoms with Gasteiger partial charge in [-0.25, -0.2) is 9.37 Å². The summed E-state index contributed by atoms with van der Waals surface area (Å²) < 4.78 is 15.5. The second kappa shape index (κ2) is 5.21. The number of anilines is 2. The molecule has 2 rings (SSSR count). The molecular formula is C14H18FN3. The average Bonchev–Trinajstić information content (AvgIpc) is 2.70. The molecule has 0 fully saturated rings. The van der Waals surface area contributed by atoms with Gasteiger partial charge in [-0.1, -0.05) is 19.9 Å². The number of aromatic nitrogens is 2. The highest BCUT2D eigenvalue weighted by molar-refractivity contribution is 5.54. The van der Waals surface area contributed by atoms with E-state index in [-0.39, 0.29) is 5.82 Å². The maximum absolute atomic E-state index is 13.5. The Bertz CT molecular complexity index is 532. The lowest BCUT2D eigenvalue weighted by molar-refractivity contribution is 0.527. The Balaban J connectivity index is 2.18. The number of hydrogen-bond acceptors (Lipinski definition) is 2. The van der Waals surface area contributed by atoms with Gasteiger partial charge in [0.2, 0.25) is 5.95 Å². The van der Waals surface area contributed by atoms with E-state index in [1.54, 1.807) is 19.2 Å². The summed E-state index contributed by atoms with van der Waals surface area (Å²) in [5.41, 5.74) is 1.36. The summed E-state index contributed by atoms with van der Waals surface area (Å²) in [7, 11) is 0. The minimum atomic E-state index is -0.207. The summed E-state index contributed by atoms with van der Waals surface area (Å²) in [6, 6.07) is 5.10. The zero-order chi connectivity index (χ0) is 13.1. The number of nitrogens with zero attached hydrogens (tertiary/aromatic N) is 2. The van der Waals surface area contributed by atoms with Gasteiger partial charge in [0.1, 0.15) is 5.82 Å². The van der Waals surface area contributed by atoms with Gasteiger partial charge in [-0.05, 0) is 30.5 Å². The first-order chi connectivity index (χ1) is 8.56. The molecule has 0 unspecified atom stereocenters. The third-order valence-electron chi connectivity index (χ3n) is 2.71.